The number of carbonyl (C=O) groups excluding carboxylic acids is 1. The van der Waals surface area contributed by atoms with Crippen LogP contribution in [-0.2, 0) is 9.59 Å². The molecule has 2 N–H and O–H groups in total. The van der Waals surface area contributed by atoms with Gasteiger partial charge in [-0.15, -0.1) is 12.3 Å². The topological polar surface area (TPSA) is 66.4 Å². The molecule has 0 saturated carbocycles. The van der Waals surface area contributed by atoms with Crippen LogP contribution in [0.4, 0.5) is 0 Å². The zero-order valence-corrected chi connectivity index (χ0v) is 13.2. The lowest BCUT2D eigenvalue weighted by Gasteiger charge is -2.11. The van der Waals surface area contributed by atoms with Crippen LogP contribution >= 0.6 is 0 Å². The Morgan fingerprint density at radius 1 is 1.05 bits per heavy atom. The fourth-order valence-electron chi connectivity index (χ4n) is 2.18. The minimum Gasteiger partial charge on any atom is -0.480 e. The van der Waals surface area contributed by atoms with Crippen molar-refractivity contribution in [3.63, 3.8) is 0 Å². The third kappa shape index (κ3) is 12.0. The summed E-state index contributed by atoms with van der Waals surface area (Å²) in [6, 6.07) is -0.957. The molecule has 0 radical (unpaired) electrons. The highest BCUT2D eigenvalue weighted by Gasteiger charge is 2.17. The van der Waals surface area contributed by atoms with Crippen LogP contribution in [0.5, 0.6) is 0 Å². The Morgan fingerprint density at radius 3 is 2.05 bits per heavy atom. The van der Waals surface area contributed by atoms with Gasteiger partial charge < -0.3 is 10.4 Å². The van der Waals surface area contributed by atoms with Crippen LogP contribution < -0.4 is 5.32 Å². The fourth-order valence-corrected chi connectivity index (χ4v) is 2.18. The predicted octanol–water partition coefficient (Wildman–Crippen LogP) is 3.50. The van der Waals surface area contributed by atoms with E-state index in [1.54, 1.807) is 0 Å². The van der Waals surface area contributed by atoms with Gasteiger partial charge >= 0.3 is 5.97 Å². The van der Waals surface area contributed by atoms with Crippen molar-refractivity contribution in [1.82, 2.24) is 5.32 Å². The number of rotatable bonds is 13. The van der Waals surface area contributed by atoms with Gasteiger partial charge in [-0.25, -0.2) is 4.79 Å². The summed E-state index contributed by atoms with van der Waals surface area (Å²) in [6.45, 7) is 2.21. The van der Waals surface area contributed by atoms with Crippen LogP contribution in [0, 0.1) is 12.3 Å². The summed E-state index contributed by atoms with van der Waals surface area (Å²) >= 11 is 0. The molecule has 0 aliphatic heterocycles. The van der Waals surface area contributed by atoms with Gasteiger partial charge in [-0.1, -0.05) is 58.3 Å². The van der Waals surface area contributed by atoms with Crippen LogP contribution in [0.25, 0.3) is 0 Å². The van der Waals surface area contributed by atoms with Crippen molar-refractivity contribution in [2.45, 2.75) is 83.6 Å². The summed E-state index contributed by atoms with van der Waals surface area (Å²) in [5.41, 5.74) is 0. The van der Waals surface area contributed by atoms with Gasteiger partial charge in [0.1, 0.15) is 6.04 Å². The maximum Gasteiger partial charge on any atom is 0.327 e. The summed E-state index contributed by atoms with van der Waals surface area (Å²) in [5.74, 6) is 0.967. The highest BCUT2D eigenvalue weighted by atomic mass is 16.4. The van der Waals surface area contributed by atoms with Gasteiger partial charge in [0, 0.05) is 12.8 Å². The lowest BCUT2D eigenvalue weighted by molar-refractivity contribution is -0.141. The Balaban J connectivity index is 3.53. The fraction of sp³-hybridized carbons (Fsp3) is 0.765. The van der Waals surface area contributed by atoms with E-state index in [4.69, 9.17) is 11.5 Å². The lowest BCUT2D eigenvalue weighted by atomic mass is 10.1. The SMILES string of the molecule is C#CCC(NC(=O)CCCCCCCCCCC)C(=O)O. The molecule has 1 unspecified atom stereocenters. The molecule has 1 amide bonds. The number of aliphatic carboxylic acids is 1. The van der Waals surface area contributed by atoms with Crippen molar-refractivity contribution < 1.29 is 14.7 Å². The molecule has 0 aromatic rings. The van der Waals surface area contributed by atoms with Gasteiger partial charge in [-0.2, -0.15) is 0 Å². The van der Waals surface area contributed by atoms with Gasteiger partial charge in [0.2, 0.25) is 5.91 Å². The Hall–Kier alpha value is -1.50. The van der Waals surface area contributed by atoms with Gasteiger partial charge in [0.25, 0.3) is 0 Å². The summed E-state index contributed by atoms with van der Waals surface area (Å²) in [7, 11) is 0. The number of terminal acetylenes is 1. The van der Waals surface area contributed by atoms with E-state index in [1.165, 1.54) is 38.5 Å². The molecular weight excluding hydrogens is 266 g/mol. The summed E-state index contributed by atoms with van der Waals surface area (Å²) in [5, 5.41) is 11.3. The molecule has 0 saturated heterocycles. The number of carbonyl (C=O) groups is 2. The first-order chi connectivity index (χ1) is 10.1. The van der Waals surface area contributed by atoms with Crippen molar-refractivity contribution in [2.24, 2.45) is 0 Å². The number of carboxylic acids is 1. The molecule has 0 aromatic carbocycles. The Labute approximate surface area is 128 Å². The number of carboxylic acid groups (broad SMARTS) is 1. The van der Waals surface area contributed by atoms with Crippen molar-refractivity contribution >= 4 is 11.9 Å². The number of hydrogen-bond donors (Lipinski definition) is 2. The second kappa shape index (κ2) is 13.5. The number of amides is 1. The molecule has 0 aliphatic carbocycles. The highest BCUT2D eigenvalue weighted by molar-refractivity contribution is 5.83. The largest absolute Gasteiger partial charge is 0.480 e. The maximum absolute atomic E-state index is 11.6. The summed E-state index contributed by atoms with van der Waals surface area (Å²) in [4.78, 5) is 22.4. The molecule has 0 heterocycles. The van der Waals surface area contributed by atoms with E-state index in [0.717, 1.165) is 19.3 Å². The minimum atomic E-state index is -1.08. The molecule has 0 rings (SSSR count). The third-order valence-corrected chi connectivity index (χ3v) is 3.46. The number of unbranched alkanes of at least 4 members (excludes halogenated alkanes) is 8. The average molecular weight is 295 g/mol. The molecule has 4 nitrogen and oxygen atoms in total. The minimum absolute atomic E-state index is 0.0266. The van der Waals surface area contributed by atoms with Crippen LogP contribution in [0.2, 0.25) is 0 Å². The Bertz CT molecular complexity index is 333. The summed E-state index contributed by atoms with van der Waals surface area (Å²) in [6.07, 6.45) is 16.2. The normalized spacial score (nSPS) is 11.6. The van der Waals surface area contributed by atoms with E-state index in [0.29, 0.717) is 6.42 Å². The molecule has 1 atom stereocenters. The number of nitrogens with one attached hydrogen (secondary N) is 1. The first-order valence-electron chi connectivity index (χ1n) is 8.07. The van der Waals surface area contributed by atoms with E-state index < -0.39 is 12.0 Å². The molecule has 0 spiro atoms. The van der Waals surface area contributed by atoms with E-state index in [9.17, 15) is 9.59 Å². The molecule has 120 valence electrons. The highest BCUT2D eigenvalue weighted by Crippen LogP contribution is 2.10. The molecule has 0 fully saturated rings. The molecule has 21 heavy (non-hydrogen) atoms. The van der Waals surface area contributed by atoms with Gasteiger partial charge in [-0.05, 0) is 6.42 Å². The molecule has 4 heteroatoms. The lowest BCUT2D eigenvalue weighted by Crippen LogP contribution is -2.40. The second-order valence-corrected chi connectivity index (χ2v) is 5.45. The van der Waals surface area contributed by atoms with E-state index >= 15 is 0 Å². The third-order valence-electron chi connectivity index (χ3n) is 3.46. The maximum atomic E-state index is 11.6. The summed E-state index contributed by atoms with van der Waals surface area (Å²) < 4.78 is 0. The van der Waals surface area contributed by atoms with E-state index in [1.807, 2.05) is 0 Å². The van der Waals surface area contributed by atoms with Crippen LogP contribution in [0.1, 0.15) is 77.6 Å². The van der Waals surface area contributed by atoms with E-state index in [2.05, 4.69) is 18.2 Å². The van der Waals surface area contributed by atoms with Crippen molar-refractivity contribution in [3.8, 4) is 12.3 Å². The molecule has 0 aromatic heterocycles. The molecule has 0 bridgehead atoms. The van der Waals surface area contributed by atoms with Crippen molar-refractivity contribution in [2.75, 3.05) is 0 Å². The zero-order valence-electron chi connectivity index (χ0n) is 13.2. The molecule has 0 aliphatic rings. The smallest absolute Gasteiger partial charge is 0.327 e. The first kappa shape index (κ1) is 19.5. The van der Waals surface area contributed by atoms with Gasteiger partial charge in [-0.3, -0.25) is 4.79 Å². The molecular formula is C17H29NO3. The Kier molecular flexibility index (Phi) is 12.5. The average Bonchev–Trinajstić information content (AvgIpc) is 2.45. The Morgan fingerprint density at radius 2 is 1.57 bits per heavy atom. The predicted molar refractivity (Wildman–Crippen MR) is 84.9 cm³/mol. The van der Waals surface area contributed by atoms with Crippen molar-refractivity contribution in [3.05, 3.63) is 0 Å². The van der Waals surface area contributed by atoms with Crippen LogP contribution in [0.15, 0.2) is 0 Å². The standard InChI is InChI=1S/C17H29NO3/c1-3-5-6-7-8-9-10-11-12-14-16(19)18-15(13-4-2)17(20)21/h2,15H,3,5-14H2,1H3,(H,18,19)(H,20,21). The number of hydrogen-bond acceptors (Lipinski definition) is 2. The van der Waals surface area contributed by atoms with Gasteiger partial charge in [0.05, 0.1) is 0 Å². The van der Waals surface area contributed by atoms with Crippen LogP contribution in [-0.4, -0.2) is 23.0 Å². The van der Waals surface area contributed by atoms with Gasteiger partial charge in [0.15, 0.2) is 0 Å². The van der Waals surface area contributed by atoms with E-state index in [-0.39, 0.29) is 12.3 Å². The quantitative estimate of drug-likeness (QED) is 0.404. The van der Waals surface area contributed by atoms with Crippen molar-refractivity contribution in [1.29, 1.82) is 0 Å². The second-order valence-electron chi connectivity index (χ2n) is 5.45. The zero-order chi connectivity index (χ0) is 15.9. The monoisotopic (exact) mass is 295 g/mol. The first-order valence-corrected chi connectivity index (χ1v) is 8.07. The van der Waals surface area contributed by atoms with Crippen LogP contribution in [0.3, 0.4) is 0 Å².